The first-order valence-corrected chi connectivity index (χ1v) is 9.00. The molecule has 0 amide bonds. The molecule has 1 atom stereocenters. The van der Waals surface area contributed by atoms with E-state index in [1.54, 1.807) is 32.0 Å². The van der Waals surface area contributed by atoms with E-state index in [0.29, 0.717) is 17.8 Å². The minimum absolute atomic E-state index is 0.0272. The highest BCUT2D eigenvalue weighted by molar-refractivity contribution is 6.03. The van der Waals surface area contributed by atoms with Crippen molar-refractivity contribution in [3.8, 4) is 0 Å². The Bertz CT molecular complexity index is 867. The minimum atomic E-state index is -0.940. The summed E-state index contributed by atoms with van der Waals surface area (Å²) in [7, 11) is 0. The Morgan fingerprint density at radius 3 is 2.59 bits per heavy atom. The Morgan fingerprint density at radius 1 is 1.30 bits per heavy atom. The van der Waals surface area contributed by atoms with Gasteiger partial charge in [0.1, 0.15) is 17.1 Å². The van der Waals surface area contributed by atoms with Gasteiger partial charge in [-0.2, -0.15) is 0 Å². The van der Waals surface area contributed by atoms with E-state index in [2.05, 4.69) is 0 Å². The molecule has 1 aromatic rings. The van der Waals surface area contributed by atoms with Crippen molar-refractivity contribution >= 4 is 11.8 Å². The van der Waals surface area contributed by atoms with Crippen molar-refractivity contribution in [3.63, 3.8) is 0 Å². The summed E-state index contributed by atoms with van der Waals surface area (Å²) in [5.41, 5.74) is 6.24. The molecular weight excluding hydrogens is 349 g/mol. The first-order valence-electron chi connectivity index (χ1n) is 9.00. The van der Waals surface area contributed by atoms with Gasteiger partial charge in [-0.05, 0) is 25.3 Å². The third kappa shape index (κ3) is 3.61. The van der Waals surface area contributed by atoms with Gasteiger partial charge in [-0.1, -0.05) is 32.0 Å². The number of benzene rings is 1. The molecule has 2 aliphatic rings. The molecule has 0 unspecified atom stereocenters. The predicted molar refractivity (Wildman–Crippen MR) is 97.7 cm³/mol. The molecule has 1 aromatic carbocycles. The largest absolute Gasteiger partial charge is 0.459 e. The zero-order valence-electron chi connectivity index (χ0n) is 16.0. The van der Waals surface area contributed by atoms with E-state index in [9.17, 15) is 14.0 Å². The molecule has 0 saturated carbocycles. The van der Waals surface area contributed by atoms with Crippen LogP contribution in [0.25, 0.3) is 0 Å². The Hall–Kier alpha value is -2.63. The lowest BCUT2D eigenvalue weighted by atomic mass is 9.70. The van der Waals surface area contributed by atoms with Gasteiger partial charge in [0.2, 0.25) is 5.88 Å². The molecule has 5 nitrogen and oxygen atoms in total. The Balaban J connectivity index is 2.19. The molecule has 0 fully saturated rings. The van der Waals surface area contributed by atoms with Crippen molar-refractivity contribution in [2.45, 2.75) is 52.6 Å². The van der Waals surface area contributed by atoms with Crippen LogP contribution in [0.4, 0.5) is 4.39 Å². The van der Waals surface area contributed by atoms with Crippen molar-refractivity contribution in [1.29, 1.82) is 0 Å². The number of ether oxygens (including phenoxy) is 2. The van der Waals surface area contributed by atoms with Gasteiger partial charge in [0, 0.05) is 24.0 Å². The number of ketones is 1. The fourth-order valence-electron chi connectivity index (χ4n) is 3.68. The third-order valence-corrected chi connectivity index (χ3v) is 4.73. The number of hydrogen-bond donors (Lipinski definition) is 1. The van der Waals surface area contributed by atoms with E-state index in [-0.39, 0.29) is 34.6 Å². The molecule has 144 valence electrons. The van der Waals surface area contributed by atoms with Gasteiger partial charge in [-0.25, -0.2) is 9.18 Å². The van der Waals surface area contributed by atoms with Crippen LogP contribution >= 0.6 is 0 Å². The van der Waals surface area contributed by atoms with E-state index < -0.39 is 23.8 Å². The molecule has 0 saturated heterocycles. The molecule has 1 heterocycles. The topological polar surface area (TPSA) is 78.6 Å². The van der Waals surface area contributed by atoms with E-state index >= 15 is 0 Å². The summed E-state index contributed by atoms with van der Waals surface area (Å²) in [6.45, 7) is 7.32. The van der Waals surface area contributed by atoms with E-state index in [4.69, 9.17) is 15.2 Å². The van der Waals surface area contributed by atoms with Crippen LogP contribution in [0.3, 0.4) is 0 Å². The SMILES string of the molecule is CC(C)OC(=O)C1=C(N)OC2=C(C(=O)CC(C)(C)C2)[C@@H]1c1ccccc1F. The third-order valence-electron chi connectivity index (χ3n) is 4.73. The number of hydrogen-bond acceptors (Lipinski definition) is 5. The maximum atomic E-state index is 14.6. The van der Waals surface area contributed by atoms with Gasteiger partial charge < -0.3 is 15.2 Å². The summed E-state index contributed by atoms with van der Waals surface area (Å²) in [6.07, 6.45) is 0.370. The van der Waals surface area contributed by atoms with Crippen LogP contribution in [-0.4, -0.2) is 17.9 Å². The van der Waals surface area contributed by atoms with Gasteiger partial charge in [0.05, 0.1) is 12.0 Å². The van der Waals surface area contributed by atoms with Gasteiger partial charge in [0.25, 0.3) is 0 Å². The number of rotatable bonds is 3. The van der Waals surface area contributed by atoms with Crippen molar-refractivity contribution in [1.82, 2.24) is 0 Å². The molecule has 27 heavy (non-hydrogen) atoms. The first kappa shape index (κ1) is 19.1. The maximum Gasteiger partial charge on any atom is 0.340 e. The Kier molecular flexibility index (Phi) is 4.84. The van der Waals surface area contributed by atoms with Crippen LogP contribution in [0.2, 0.25) is 0 Å². The summed E-state index contributed by atoms with van der Waals surface area (Å²) in [4.78, 5) is 25.7. The lowest BCUT2D eigenvalue weighted by molar-refractivity contribution is -0.143. The molecule has 2 N–H and O–H groups in total. The number of nitrogens with two attached hydrogens (primary N) is 1. The van der Waals surface area contributed by atoms with Gasteiger partial charge in [0.15, 0.2) is 5.78 Å². The average Bonchev–Trinajstić information content (AvgIpc) is 2.51. The quantitative estimate of drug-likeness (QED) is 0.817. The lowest BCUT2D eigenvalue weighted by Crippen LogP contribution is -2.36. The minimum Gasteiger partial charge on any atom is -0.459 e. The van der Waals surface area contributed by atoms with Crippen molar-refractivity contribution in [2.24, 2.45) is 11.1 Å². The van der Waals surface area contributed by atoms with E-state index in [0.717, 1.165) is 0 Å². The molecule has 6 heteroatoms. The lowest BCUT2D eigenvalue weighted by Gasteiger charge is -2.38. The average molecular weight is 373 g/mol. The van der Waals surface area contributed by atoms with Crippen LogP contribution in [0, 0.1) is 11.2 Å². The molecule has 1 aliphatic carbocycles. The number of allylic oxidation sites excluding steroid dienone is 2. The zero-order valence-corrected chi connectivity index (χ0v) is 16.0. The summed E-state index contributed by atoms with van der Waals surface area (Å²) < 4.78 is 25.6. The van der Waals surface area contributed by atoms with Crippen LogP contribution in [-0.2, 0) is 19.1 Å². The molecule has 0 bridgehead atoms. The van der Waals surface area contributed by atoms with Crippen molar-refractivity contribution < 1.29 is 23.5 Å². The predicted octanol–water partition coefficient (Wildman–Crippen LogP) is 3.70. The highest BCUT2D eigenvalue weighted by Crippen LogP contribution is 2.48. The van der Waals surface area contributed by atoms with Crippen molar-refractivity contribution in [2.75, 3.05) is 0 Å². The van der Waals surface area contributed by atoms with Gasteiger partial charge in [-0.15, -0.1) is 0 Å². The second-order valence-corrected chi connectivity index (χ2v) is 8.07. The maximum absolute atomic E-state index is 14.6. The Morgan fingerprint density at radius 2 is 1.96 bits per heavy atom. The molecular formula is C21H24FNO4. The normalized spacial score (nSPS) is 21.9. The number of esters is 1. The van der Waals surface area contributed by atoms with E-state index in [1.165, 1.54) is 6.07 Å². The fraction of sp³-hybridized carbons (Fsp3) is 0.429. The zero-order chi connectivity index (χ0) is 19.9. The first-order chi connectivity index (χ1) is 12.6. The summed E-state index contributed by atoms with van der Waals surface area (Å²) in [6, 6.07) is 6.06. The number of carbonyl (C=O) groups excluding carboxylic acids is 2. The molecule has 0 radical (unpaired) electrons. The summed E-state index contributed by atoms with van der Waals surface area (Å²) in [5.74, 6) is -2.07. The highest BCUT2D eigenvalue weighted by atomic mass is 19.1. The number of carbonyl (C=O) groups is 2. The standard InChI is InChI=1S/C21H24FNO4/c1-11(2)26-20(25)18-16(12-7-5-6-8-13(12)22)17-14(24)9-21(3,4)10-15(17)27-19(18)23/h5-8,11,16H,9-10,23H2,1-4H3/t16-/m0/s1. The van der Waals surface area contributed by atoms with Crippen LogP contribution < -0.4 is 5.73 Å². The monoisotopic (exact) mass is 373 g/mol. The number of Topliss-reactive ketones (excluding diaryl/α,β-unsaturated/α-hetero) is 1. The number of halogens is 1. The van der Waals surface area contributed by atoms with Crippen molar-refractivity contribution in [3.05, 3.63) is 58.4 Å². The van der Waals surface area contributed by atoms with Crippen LogP contribution in [0.1, 0.15) is 52.0 Å². The molecule has 1 aliphatic heterocycles. The Labute approximate surface area is 158 Å². The molecule has 0 spiro atoms. The molecule has 0 aromatic heterocycles. The smallest absolute Gasteiger partial charge is 0.340 e. The second kappa shape index (κ2) is 6.83. The summed E-state index contributed by atoms with van der Waals surface area (Å²) >= 11 is 0. The summed E-state index contributed by atoms with van der Waals surface area (Å²) in [5, 5.41) is 0. The van der Waals surface area contributed by atoms with Crippen LogP contribution in [0.5, 0.6) is 0 Å². The van der Waals surface area contributed by atoms with E-state index in [1.807, 2.05) is 13.8 Å². The van der Waals surface area contributed by atoms with Gasteiger partial charge in [-0.3, -0.25) is 4.79 Å². The fourth-order valence-corrected chi connectivity index (χ4v) is 3.68. The van der Waals surface area contributed by atoms with Gasteiger partial charge >= 0.3 is 5.97 Å². The van der Waals surface area contributed by atoms with Crippen LogP contribution in [0.15, 0.2) is 47.1 Å². The molecule has 3 rings (SSSR count). The highest BCUT2D eigenvalue weighted by Gasteiger charge is 2.45. The second-order valence-electron chi connectivity index (χ2n) is 8.07.